The molecule has 0 amide bonds. The summed E-state index contributed by atoms with van der Waals surface area (Å²) in [4.78, 5) is 11.8. The quantitative estimate of drug-likeness (QED) is 0.686. The fourth-order valence-electron chi connectivity index (χ4n) is 5.53. The van der Waals surface area contributed by atoms with Crippen LogP contribution in [0.1, 0.15) is 59.8 Å². The molecule has 5 atom stereocenters. The number of hydrogen-bond donors (Lipinski definition) is 1. The van der Waals surface area contributed by atoms with Gasteiger partial charge in [-0.2, -0.15) is 0 Å². The Labute approximate surface area is 115 Å². The van der Waals surface area contributed by atoms with Crippen molar-refractivity contribution in [3.05, 3.63) is 0 Å². The van der Waals surface area contributed by atoms with Crippen LogP contribution in [0.3, 0.4) is 0 Å². The average molecular weight is 266 g/mol. The molecule has 0 aromatic carbocycles. The second-order valence-corrected chi connectivity index (χ2v) is 8.04. The molecule has 0 aromatic rings. The van der Waals surface area contributed by atoms with Crippen LogP contribution in [0.15, 0.2) is 0 Å². The maximum absolute atomic E-state index is 11.8. The van der Waals surface area contributed by atoms with Crippen molar-refractivity contribution in [3.63, 3.8) is 0 Å². The van der Waals surface area contributed by atoms with Crippen LogP contribution in [-0.4, -0.2) is 22.8 Å². The summed E-state index contributed by atoms with van der Waals surface area (Å²) in [6, 6.07) is 0. The van der Waals surface area contributed by atoms with Crippen molar-refractivity contribution in [1.29, 1.82) is 0 Å². The Bertz CT molecular complexity index is 416. The van der Waals surface area contributed by atoms with Crippen LogP contribution in [0.2, 0.25) is 0 Å². The standard InChI is InChI=1S/C16H26O3/c1-14(2)7-6-12(17)16(4)10(14)5-8-15(3)11(16)9-13(18)19-15/h10-12,17H,5-9H2,1-4H3/t10-,11-,12+,15+,16-/m0/s1. The van der Waals surface area contributed by atoms with Crippen LogP contribution in [0.25, 0.3) is 0 Å². The Hall–Kier alpha value is -0.570. The first kappa shape index (κ1) is 13.4. The Balaban J connectivity index is 2.05. The van der Waals surface area contributed by atoms with E-state index in [-0.39, 0.29) is 34.4 Å². The molecule has 0 radical (unpaired) electrons. The smallest absolute Gasteiger partial charge is 0.306 e. The van der Waals surface area contributed by atoms with Crippen LogP contribution in [0.4, 0.5) is 0 Å². The van der Waals surface area contributed by atoms with Gasteiger partial charge in [0.2, 0.25) is 0 Å². The fraction of sp³-hybridized carbons (Fsp3) is 0.938. The average Bonchev–Trinajstić information content (AvgIpc) is 2.60. The van der Waals surface area contributed by atoms with Crippen molar-refractivity contribution in [1.82, 2.24) is 0 Å². The lowest BCUT2D eigenvalue weighted by molar-refractivity contribution is -0.196. The Morgan fingerprint density at radius 1 is 1.11 bits per heavy atom. The molecule has 3 nitrogen and oxygen atoms in total. The Kier molecular flexibility index (Phi) is 2.65. The van der Waals surface area contributed by atoms with Crippen LogP contribution < -0.4 is 0 Å². The van der Waals surface area contributed by atoms with Gasteiger partial charge >= 0.3 is 5.97 Å². The highest BCUT2D eigenvalue weighted by molar-refractivity contribution is 5.73. The van der Waals surface area contributed by atoms with E-state index in [1.165, 1.54) is 0 Å². The molecule has 1 N–H and O–H groups in total. The fourth-order valence-corrected chi connectivity index (χ4v) is 5.53. The molecule has 1 aliphatic heterocycles. The number of fused-ring (bicyclic) bond motifs is 3. The molecule has 3 heteroatoms. The van der Waals surface area contributed by atoms with Crippen molar-refractivity contribution in [2.45, 2.75) is 71.5 Å². The zero-order valence-corrected chi connectivity index (χ0v) is 12.5. The van der Waals surface area contributed by atoms with E-state index in [1.807, 2.05) is 0 Å². The molecule has 0 bridgehead atoms. The van der Waals surface area contributed by atoms with Crippen LogP contribution in [0.5, 0.6) is 0 Å². The zero-order chi connectivity index (χ0) is 14.1. The van der Waals surface area contributed by atoms with Gasteiger partial charge in [0.25, 0.3) is 0 Å². The molecule has 19 heavy (non-hydrogen) atoms. The van der Waals surface area contributed by atoms with Gasteiger partial charge in [-0.3, -0.25) is 4.79 Å². The number of carbonyl (C=O) groups is 1. The molecule has 0 spiro atoms. The van der Waals surface area contributed by atoms with Gasteiger partial charge in [0.1, 0.15) is 5.60 Å². The summed E-state index contributed by atoms with van der Waals surface area (Å²) < 4.78 is 5.63. The van der Waals surface area contributed by atoms with Gasteiger partial charge in [-0.25, -0.2) is 0 Å². The molecule has 0 unspecified atom stereocenters. The Morgan fingerprint density at radius 2 is 1.79 bits per heavy atom. The second kappa shape index (κ2) is 3.75. The van der Waals surface area contributed by atoms with Crippen molar-refractivity contribution < 1.29 is 14.6 Å². The topological polar surface area (TPSA) is 46.5 Å². The van der Waals surface area contributed by atoms with Gasteiger partial charge < -0.3 is 9.84 Å². The first-order valence-corrected chi connectivity index (χ1v) is 7.60. The van der Waals surface area contributed by atoms with Gasteiger partial charge in [0.15, 0.2) is 0 Å². The monoisotopic (exact) mass is 266 g/mol. The number of hydrogen-bond acceptors (Lipinski definition) is 3. The first-order chi connectivity index (χ1) is 8.70. The lowest BCUT2D eigenvalue weighted by Gasteiger charge is -2.61. The number of ether oxygens (including phenoxy) is 1. The molecule has 1 saturated heterocycles. The molecule has 108 valence electrons. The molecule has 2 aliphatic carbocycles. The molecule has 0 aromatic heterocycles. The van der Waals surface area contributed by atoms with Crippen LogP contribution in [-0.2, 0) is 9.53 Å². The summed E-state index contributed by atoms with van der Waals surface area (Å²) in [5.41, 5.74) is -0.279. The van der Waals surface area contributed by atoms with E-state index in [2.05, 4.69) is 27.7 Å². The summed E-state index contributed by atoms with van der Waals surface area (Å²) in [7, 11) is 0. The highest BCUT2D eigenvalue weighted by Crippen LogP contribution is 2.64. The predicted octanol–water partition coefficient (Wildman–Crippen LogP) is 2.91. The van der Waals surface area contributed by atoms with Crippen LogP contribution in [0, 0.1) is 22.7 Å². The number of carbonyl (C=O) groups excluding carboxylic acids is 1. The lowest BCUT2D eigenvalue weighted by atomic mass is 9.44. The maximum atomic E-state index is 11.8. The summed E-state index contributed by atoms with van der Waals surface area (Å²) in [5, 5.41) is 10.7. The van der Waals surface area contributed by atoms with E-state index in [4.69, 9.17) is 4.74 Å². The molecule has 2 saturated carbocycles. The number of esters is 1. The van der Waals surface area contributed by atoms with Crippen LogP contribution >= 0.6 is 0 Å². The Morgan fingerprint density at radius 3 is 2.47 bits per heavy atom. The summed E-state index contributed by atoms with van der Waals surface area (Å²) in [5.74, 6) is 0.571. The summed E-state index contributed by atoms with van der Waals surface area (Å²) in [6.45, 7) is 8.91. The van der Waals surface area contributed by atoms with E-state index in [1.54, 1.807) is 0 Å². The van der Waals surface area contributed by atoms with E-state index >= 15 is 0 Å². The van der Waals surface area contributed by atoms with Gasteiger partial charge in [0, 0.05) is 11.3 Å². The predicted molar refractivity (Wildman–Crippen MR) is 72.5 cm³/mol. The third kappa shape index (κ3) is 1.63. The number of aliphatic hydroxyl groups excluding tert-OH is 1. The highest BCUT2D eigenvalue weighted by Gasteiger charge is 2.65. The van der Waals surface area contributed by atoms with Gasteiger partial charge in [-0.15, -0.1) is 0 Å². The van der Waals surface area contributed by atoms with Crippen molar-refractivity contribution >= 4 is 5.97 Å². The summed E-state index contributed by atoms with van der Waals surface area (Å²) >= 11 is 0. The molecule has 3 aliphatic rings. The second-order valence-electron chi connectivity index (χ2n) is 8.04. The lowest BCUT2D eigenvalue weighted by Crippen LogP contribution is -2.61. The van der Waals surface area contributed by atoms with Crippen molar-refractivity contribution in [2.75, 3.05) is 0 Å². The minimum Gasteiger partial charge on any atom is -0.459 e. The van der Waals surface area contributed by atoms with Gasteiger partial charge in [-0.1, -0.05) is 20.8 Å². The first-order valence-electron chi connectivity index (χ1n) is 7.60. The van der Waals surface area contributed by atoms with E-state index in [9.17, 15) is 9.90 Å². The minimum absolute atomic E-state index is 0.0787. The normalized spacial score (nSPS) is 52.3. The number of rotatable bonds is 0. The largest absolute Gasteiger partial charge is 0.459 e. The van der Waals surface area contributed by atoms with Crippen molar-refractivity contribution in [3.8, 4) is 0 Å². The van der Waals surface area contributed by atoms with E-state index in [0.29, 0.717) is 12.3 Å². The number of aliphatic hydroxyl groups is 1. The zero-order valence-electron chi connectivity index (χ0n) is 12.5. The highest BCUT2D eigenvalue weighted by atomic mass is 16.6. The summed E-state index contributed by atoms with van der Waals surface area (Å²) in [6.07, 6.45) is 4.11. The third-order valence-electron chi connectivity index (χ3n) is 6.61. The SMILES string of the molecule is CC1(C)CC[C@@H](O)[C@]2(C)[C@H]3CC(=O)O[C@]3(C)CC[C@@H]12. The maximum Gasteiger partial charge on any atom is 0.306 e. The van der Waals surface area contributed by atoms with Gasteiger partial charge in [-0.05, 0) is 43.9 Å². The molecular formula is C16H26O3. The van der Waals surface area contributed by atoms with Crippen molar-refractivity contribution in [2.24, 2.45) is 22.7 Å². The minimum atomic E-state index is -0.350. The molecule has 3 fully saturated rings. The molecule has 3 rings (SSSR count). The molecule has 1 heterocycles. The van der Waals surface area contributed by atoms with E-state index < -0.39 is 0 Å². The van der Waals surface area contributed by atoms with Gasteiger partial charge in [0.05, 0.1) is 12.5 Å². The molecular weight excluding hydrogens is 240 g/mol. The third-order valence-corrected chi connectivity index (χ3v) is 6.61. The van der Waals surface area contributed by atoms with E-state index in [0.717, 1.165) is 25.7 Å².